The molecule has 2 N–H and O–H groups in total. The van der Waals surface area contributed by atoms with Gasteiger partial charge < -0.3 is 15.2 Å². The second-order valence-electron chi connectivity index (χ2n) is 11.1. The van der Waals surface area contributed by atoms with Crippen molar-refractivity contribution >= 4 is 21.5 Å². The van der Waals surface area contributed by atoms with Gasteiger partial charge in [0.1, 0.15) is 11.6 Å². The number of fused-ring (bicyclic) bond motifs is 1. The average Bonchev–Trinajstić information content (AvgIpc) is 3.47. The van der Waals surface area contributed by atoms with Crippen LogP contribution in [0, 0.1) is 0 Å². The van der Waals surface area contributed by atoms with Crippen molar-refractivity contribution in [1.29, 1.82) is 0 Å². The van der Waals surface area contributed by atoms with Gasteiger partial charge in [-0.25, -0.2) is 13.1 Å². The maximum Gasteiger partial charge on any atom is 0.243 e. The Morgan fingerprint density at radius 3 is 2.51 bits per heavy atom. The van der Waals surface area contributed by atoms with Gasteiger partial charge >= 0.3 is 0 Å². The summed E-state index contributed by atoms with van der Waals surface area (Å²) in [5, 5.41) is 18.4. The van der Waals surface area contributed by atoms with E-state index in [-0.39, 0.29) is 17.6 Å². The molecule has 3 aromatic rings. The molecule has 1 aliphatic carbocycles. The van der Waals surface area contributed by atoms with Crippen molar-refractivity contribution in [1.82, 2.24) is 14.1 Å². The Morgan fingerprint density at radius 1 is 1.11 bits per heavy atom. The number of benzene rings is 2. The first-order chi connectivity index (χ1) is 17.5. The zero-order valence-electron chi connectivity index (χ0n) is 21.9. The van der Waals surface area contributed by atoms with Gasteiger partial charge in [0.15, 0.2) is 0 Å². The number of hydrogen-bond acceptors (Lipinski definition) is 6. The summed E-state index contributed by atoms with van der Waals surface area (Å²) in [5.41, 5.74) is 3.32. The van der Waals surface area contributed by atoms with Gasteiger partial charge in [-0.1, -0.05) is 12.1 Å². The molecule has 5 rings (SSSR count). The minimum absolute atomic E-state index is 0.239. The van der Waals surface area contributed by atoms with Gasteiger partial charge in [-0.15, -0.1) is 0 Å². The number of methoxy groups -OCH3 is 1. The number of hydrogen-bond donors (Lipinski definition) is 2. The highest BCUT2D eigenvalue weighted by Gasteiger charge is 2.32. The van der Waals surface area contributed by atoms with Crippen LogP contribution >= 0.6 is 0 Å². The Morgan fingerprint density at radius 2 is 1.86 bits per heavy atom. The number of rotatable bonds is 6. The van der Waals surface area contributed by atoms with Crippen LogP contribution in [0.4, 0.5) is 11.5 Å². The number of anilines is 2. The fourth-order valence-electron chi connectivity index (χ4n) is 5.28. The summed E-state index contributed by atoms with van der Waals surface area (Å²) in [6.07, 6.45) is 2.87. The van der Waals surface area contributed by atoms with Crippen LogP contribution in [0.25, 0.3) is 0 Å². The van der Waals surface area contributed by atoms with E-state index in [0.717, 1.165) is 53.3 Å². The molecule has 37 heavy (non-hydrogen) atoms. The molecule has 0 unspecified atom stereocenters. The van der Waals surface area contributed by atoms with E-state index in [4.69, 9.17) is 9.84 Å². The van der Waals surface area contributed by atoms with Crippen LogP contribution in [-0.2, 0) is 28.5 Å². The number of aromatic nitrogens is 2. The van der Waals surface area contributed by atoms with E-state index in [1.54, 1.807) is 17.5 Å². The number of aliphatic hydroxyl groups is 1. The number of sulfonamides is 1. The van der Waals surface area contributed by atoms with Crippen molar-refractivity contribution in [2.24, 2.45) is 0 Å². The summed E-state index contributed by atoms with van der Waals surface area (Å²) in [7, 11) is -1.98. The fraction of sp³-hybridized carbons (Fsp3) is 0.464. The van der Waals surface area contributed by atoms with E-state index in [1.165, 1.54) is 0 Å². The fourth-order valence-corrected chi connectivity index (χ4v) is 6.94. The molecule has 1 aromatic heterocycles. The van der Waals surface area contributed by atoms with Crippen LogP contribution < -0.4 is 10.1 Å². The molecule has 2 heterocycles. The largest absolute Gasteiger partial charge is 0.497 e. The highest BCUT2D eigenvalue weighted by atomic mass is 32.2. The molecule has 1 aliphatic heterocycles. The highest BCUT2D eigenvalue weighted by molar-refractivity contribution is 7.89. The average molecular weight is 525 g/mol. The topological polar surface area (TPSA) is 96.7 Å². The third-order valence-electron chi connectivity index (χ3n) is 7.29. The van der Waals surface area contributed by atoms with Crippen LogP contribution in [-0.4, -0.2) is 47.4 Å². The zero-order valence-corrected chi connectivity index (χ0v) is 22.8. The van der Waals surface area contributed by atoms with Crippen LogP contribution in [0.1, 0.15) is 62.8 Å². The van der Waals surface area contributed by atoms with Gasteiger partial charge in [-0.2, -0.15) is 9.40 Å². The first-order valence-corrected chi connectivity index (χ1v) is 14.3. The lowest BCUT2D eigenvalue weighted by atomic mass is 10.0. The van der Waals surface area contributed by atoms with Gasteiger partial charge in [0.2, 0.25) is 10.0 Å². The van der Waals surface area contributed by atoms with Crippen molar-refractivity contribution in [2.75, 3.05) is 19.0 Å². The summed E-state index contributed by atoms with van der Waals surface area (Å²) in [5.74, 6) is 1.87. The smallest absolute Gasteiger partial charge is 0.243 e. The Balaban J connectivity index is 1.38. The minimum atomic E-state index is -3.60. The van der Waals surface area contributed by atoms with Crippen LogP contribution in [0.15, 0.2) is 53.4 Å². The predicted octanol–water partition coefficient (Wildman–Crippen LogP) is 4.77. The normalized spacial score (nSPS) is 21.5. The quantitative estimate of drug-likeness (QED) is 0.482. The summed E-state index contributed by atoms with van der Waals surface area (Å²) in [6, 6.07) is 15.0. The molecular formula is C28H36N4O4S. The van der Waals surface area contributed by atoms with Crippen LogP contribution in [0.2, 0.25) is 0 Å². The Labute approximate surface area is 219 Å². The van der Waals surface area contributed by atoms with Gasteiger partial charge in [0.25, 0.3) is 0 Å². The van der Waals surface area contributed by atoms with E-state index in [2.05, 4.69) is 32.2 Å². The van der Waals surface area contributed by atoms with E-state index in [1.807, 2.05) is 41.1 Å². The lowest BCUT2D eigenvalue weighted by Gasteiger charge is -2.29. The van der Waals surface area contributed by atoms with Gasteiger partial charge in [-0.3, -0.25) is 0 Å². The number of nitrogens with one attached hydrogen (secondary N) is 1. The maximum absolute atomic E-state index is 13.4. The van der Waals surface area contributed by atoms with E-state index < -0.39 is 10.0 Å². The molecule has 0 saturated heterocycles. The van der Waals surface area contributed by atoms with Gasteiger partial charge in [0, 0.05) is 30.8 Å². The molecule has 0 spiro atoms. The van der Waals surface area contributed by atoms with E-state index >= 15 is 0 Å². The van der Waals surface area contributed by atoms with E-state index in [9.17, 15) is 13.5 Å². The Bertz CT molecular complexity index is 1380. The highest BCUT2D eigenvalue weighted by Crippen LogP contribution is 2.37. The van der Waals surface area contributed by atoms with Crippen molar-refractivity contribution in [3.05, 3.63) is 65.4 Å². The number of aliphatic hydroxyl groups excluding tert-OH is 1. The van der Waals surface area contributed by atoms with Crippen molar-refractivity contribution in [3.63, 3.8) is 0 Å². The molecular weight excluding hydrogens is 488 g/mol. The van der Waals surface area contributed by atoms with Crippen molar-refractivity contribution in [2.45, 2.75) is 75.5 Å². The molecule has 9 heteroatoms. The minimum Gasteiger partial charge on any atom is -0.497 e. The second-order valence-corrected chi connectivity index (χ2v) is 13.0. The van der Waals surface area contributed by atoms with E-state index in [0.29, 0.717) is 24.4 Å². The first kappa shape index (κ1) is 25.8. The molecule has 0 radical (unpaired) electrons. The molecule has 0 amide bonds. The summed E-state index contributed by atoms with van der Waals surface area (Å²) < 4.78 is 35.6. The van der Waals surface area contributed by atoms with Crippen molar-refractivity contribution < 1.29 is 18.3 Å². The summed E-state index contributed by atoms with van der Waals surface area (Å²) in [4.78, 5) is 0.364. The molecule has 2 aliphatic rings. The molecule has 198 valence electrons. The van der Waals surface area contributed by atoms with Gasteiger partial charge in [-0.05, 0) is 87.9 Å². The standard InChI is InChI=1S/C28H36N4O4S/c1-28(2,3)32-27(17-25(30-32)20-7-9-23(33)16-20)29-22-8-12-26-21(15-22)13-14-31(37(26,34)35)18-19-5-10-24(36-4)11-6-19/h5-6,8,10-12,15,17,20,23,29,33H,7,9,13-14,16,18H2,1-4H3/t20-,23+/m0/s1. The Kier molecular flexibility index (Phi) is 6.81. The molecule has 1 saturated carbocycles. The Hall–Kier alpha value is -2.88. The molecule has 2 atom stereocenters. The maximum atomic E-state index is 13.4. The molecule has 1 fully saturated rings. The van der Waals surface area contributed by atoms with Crippen LogP contribution in [0.3, 0.4) is 0 Å². The van der Waals surface area contributed by atoms with Gasteiger partial charge in [0.05, 0.1) is 29.3 Å². The lowest BCUT2D eigenvalue weighted by molar-refractivity contribution is 0.181. The molecule has 2 aromatic carbocycles. The zero-order chi connectivity index (χ0) is 26.4. The third-order valence-corrected chi connectivity index (χ3v) is 9.23. The SMILES string of the molecule is COc1ccc(CN2CCc3cc(Nc4cc([C@H]5CC[C@@H](O)C5)nn4C(C)(C)C)ccc3S2(=O)=O)cc1. The first-order valence-electron chi connectivity index (χ1n) is 12.9. The molecule has 0 bridgehead atoms. The van der Waals surface area contributed by atoms with Crippen molar-refractivity contribution in [3.8, 4) is 5.75 Å². The number of ether oxygens (including phenoxy) is 1. The summed E-state index contributed by atoms with van der Waals surface area (Å²) in [6.45, 7) is 7.08. The second kappa shape index (κ2) is 9.78. The predicted molar refractivity (Wildman–Crippen MR) is 144 cm³/mol. The monoisotopic (exact) mass is 524 g/mol. The summed E-state index contributed by atoms with van der Waals surface area (Å²) >= 11 is 0. The van der Waals surface area contributed by atoms with Crippen LogP contribution in [0.5, 0.6) is 5.75 Å². The lowest BCUT2D eigenvalue weighted by Crippen LogP contribution is -2.36. The molecule has 8 nitrogen and oxygen atoms in total. The number of nitrogens with zero attached hydrogens (tertiary/aromatic N) is 3. The third kappa shape index (κ3) is 5.26.